The molecule has 0 saturated heterocycles. The van der Waals surface area contributed by atoms with Crippen LogP contribution in [0.3, 0.4) is 0 Å². The highest BCUT2D eigenvalue weighted by Gasteiger charge is 2.31. The van der Waals surface area contributed by atoms with Crippen LogP contribution in [0.1, 0.15) is 0 Å². The molecular formula is C17H14BrClF3N3. The lowest BCUT2D eigenvalue weighted by atomic mass is 10.2. The highest BCUT2D eigenvalue weighted by atomic mass is 79.9. The fraction of sp³-hybridized carbons (Fsp3) is 0.118. The van der Waals surface area contributed by atoms with E-state index in [0.717, 1.165) is 16.2 Å². The van der Waals surface area contributed by atoms with Gasteiger partial charge in [-0.3, -0.25) is 0 Å². The van der Waals surface area contributed by atoms with E-state index in [1.165, 1.54) is 0 Å². The number of nitrogens with zero attached hydrogens (tertiary/aromatic N) is 1. The molecule has 3 N–H and O–H groups in total. The molecule has 2 aromatic rings. The molecule has 0 amide bonds. The third kappa shape index (κ3) is 6.10. The van der Waals surface area contributed by atoms with Crippen molar-refractivity contribution in [3.63, 3.8) is 0 Å². The van der Waals surface area contributed by atoms with Crippen LogP contribution in [0.5, 0.6) is 0 Å². The fourth-order valence-corrected chi connectivity index (χ4v) is 2.28. The third-order valence-corrected chi connectivity index (χ3v) is 3.93. The molecule has 0 radical (unpaired) electrons. The molecule has 0 aliphatic rings. The fourth-order valence-electron chi connectivity index (χ4n) is 1.84. The van der Waals surface area contributed by atoms with E-state index in [-0.39, 0.29) is 12.3 Å². The summed E-state index contributed by atoms with van der Waals surface area (Å²) in [6.07, 6.45) is -3.83. The molecule has 0 aromatic heterocycles. The van der Waals surface area contributed by atoms with Crippen LogP contribution in [-0.2, 0) is 0 Å². The van der Waals surface area contributed by atoms with Crippen molar-refractivity contribution in [2.75, 3.05) is 11.9 Å². The molecule has 0 heterocycles. The quantitative estimate of drug-likeness (QED) is 0.596. The molecular weight excluding hydrogens is 419 g/mol. The first-order valence-electron chi connectivity index (χ1n) is 7.11. The number of alkyl halides is 3. The summed E-state index contributed by atoms with van der Waals surface area (Å²) in [6.45, 7) is 0.0453. The van der Waals surface area contributed by atoms with Crippen LogP contribution in [-0.4, -0.2) is 18.4 Å². The Balaban J connectivity index is 2.29. The molecule has 2 aromatic carbocycles. The van der Waals surface area contributed by atoms with Gasteiger partial charge in [-0.15, -0.1) is 0 Å². The van der Waals surface area contributed by atoms with Crippen molar-refractivity contribution >= 4 is 44.6 Å². The van der Waals surface area contributed by atoms with Crippen LogP contribution < -0.4 is 11.1 Å². The van der Waals surface area contributed by atoms with Crippen molar-refractivity contribution in [1.29, 1.82) is 0 Å². The van der Waals surface area contributed by atoms with Crippen LogP contribution in [0.25, 0.3) is 0 Å². The predicted octanol–water partition coefficient (Wildman–Crippen LogP) is 5.69. The predicted molar refractivity (Wildman–Crippen MR) is 99.5 cm³/mol. The van der Waals surface area contributed by atoms with Crippen molar-refractivity contribution in [1.82, 2.24) is 0 Å². The molecule has 0 atom stereocenters. The first-order chi connectivity index (χ1) is 11.8. The number of benzene rings is 2. The van der Waals surface area contributed by atoms with Gasteiger partial charge in [0.1, 0.15) is 5.70 Å². The molecule has 0 fully saturated rings. The molecule has 8 heteroatoms. The number of rotatable bonds is 5. The first kappa shape index (κ1) is 19.3. The van der Waals surface area contributed by atoms with Gasteiger partial charge in [0.15, 0.2) is 0 Å². The van der Waals surface area contributed by atoms with Gasteiger partial charge < -0.3 is 11.1 Å². The lowest BCUT2D eigenvalue weighted by Gasteiger charge is -2.10. The number of nitrogens with one attached hydrogen (secondary N) is 1. The summed E-state index contributed by atoms with van der Waals surface area (Å²) in [4.78, 5) is 4.20. The first-order valence-corrected chi connectivity index (χ1v) is 8.28. The molecule has 0 saturated carbocycles. The molecule has 2 rings (SSSR count). The van der Waals surface area contributed by atoms with Crippen molar-refractivity contribution in [3.05, 3.63) is 69.8 Å². The number of halogens is 5. The minimum atomic E-state index is -4.63. The van der Waals surface area contributed by atoms with Crippen LogP contribution in [0.15, 0.2) is 69.8 Å². The number of nitrogens with two attached hydrogens (primary N) is 1. The van der Waals surface area contributed by atoms with Gasteiger partial charge in [-0.25, -0.2) is 4.99 Å². The highest BCUT2D eigenvalue weighted by Crippen LogP contribution is 2.25. The Bertz CT molecular complexity index is 786. The highest BCUT2D eigenvalue weighted by molar-refractivity contribution is 9.10. The maximum Gasteiger partial charge on any atom is 0.430 e. The van der Waals surface area contributed by atoms with Crippen LogP contribution in [0, 0.1) is 0 Å². The van der Waals surface area contributed by atoms with Gasteiger partial charge in [0.25, 0.3) is 0 Å². The van der Waals surface area contributed by atoms with Gasteiger partial charge in [0, 0.05) is 10.2 Å². The zero-order chi connectivity index (χ0) is 18.4. The SMILES string of the molecule is NC(=CC(CNc1ccc(Br)cc1)=Nc1ccccc1Cl)C(F)(F)F. The number of para-hydroxylation sites is 1. The number of hydrogen-bond acceptors (Lipinski definition) is 3. The summed E-state index contributed by atoms with van der Waals surface area (Å²) in [5.74, 6) is 0. The van der Waals surface area contributed by atoms with E-state index in [2.05, 4.69) is 26.2 Å². The monoisotopic (exact) mass is 431 g/mol. The third-order valence-electron chi connectivity index (χ3n) is 3.08. The van der Waals surface area contributed by atoms with E-state index in [0.29, 0.717) is 10.7 Å². The van der Waals surface area contributed by atoms with E-state index in [4.69, 9.17) is 17.3 Å². The largest absolute Gasteiger partial charge is 0.430 e. The molecule has 0 spiro atoms. The number of aliphatic imine (C=N–C) groups is 1. The van der Waals surface area contributed by atoms with Crippen molar-refractivity contribution in [2.45, 2.75) is 6.18 Å². The Hall–Kier alpha value is -1.99. The van der Waals surface area contributed by atoms with Crippen LogP contribution in [0.4, 0.5) is 24.5 Å². The minimum Gasteiger partial charge on any atom is -0.395 e. The zero-order valence-electron chi connectivity index (χ0n) is 12.8. The van der Waals surface area contributed by atoms with Gasteiger partial charge in [-0.05, 0) is 42.5 Å². The van der Waals surface area contributed by atoms with E-state index < -0.39 is 11.9 Å². The molecule has 3 nitrogen and oxygen atoms in total. The molecule has 25 heavy (non-hydrogen) atoms. The summed E-state index contributed by atoms with van der Waals surface area (Å²) in [7, 11) is 0. The van der Waals surface area contributed by atoms with E-state index in [1.54, 1.807) is 36.4 Å². The molecule has 0 unspecified atom stereocenters. The molecule has 132 valence electrons. The Labute approximate surface area is 156 Å². The summed E-state index contributed by atoms with van der Waals surface area (Å²) < 4.78 is 39.1. The Morgan fingerprint density at radius 3 is 2.40 bits per heavy atom. The molecule has 0 bridgehead atoms. The topological polar surface area (TPSA) is 50.4 Å². The van der Waals surface area contributed by atoms with Gasteiger partial charge in [-0.1, -0.05) is 39.7 Å². The molecule has 0 aliphatic carbocycles. The lowest BCUT2D eigenvalue weighted by molar-refractivity contribution is -0.0925. The average molecular weight is 433 g/mol. The second-order valence-electron chi connectivity index (χ2n) is 5.01. The second-order valence-corrected chi connectivity index (χ2v) is 6.34. The number of allylic oxidation sites excluding steroid dienone is 1. The zero-order valence-corrected chi connectivity index (χ0v) is 15.2. The van der Waals surface area contributed by atoms with E-state index >= 15 is 0 Å². The van der Waals surface area contributed by atoms with Gasteiger partial charge >= 0.3 is 6.18 Å². The Kier molecular flexibility index (Phi) is 6.50. The summed E-state index contributed by atoms with van der Waals surface area (Å²) in [6, 6.07) is 13.8. The van der Waals surface area contributed by atoms with Crippen LogP contribution >= 0.6 is 27.5 Å². The lowest BCUT2D eigenvalue weighted by Crippen LogP contribution is -2.22. The summed E-state index contributed by atoms with van der Waals surface area (Å²) >= 11 is 9.34. The van der Waals surface area contributed by atoms with E-state index in [1.807, 2.05) is 12.1 Å². The van der Waals surface area contributed by atoms with Gasteiger partial charge in [0.2, 0.25) is 0 Å². The maximum atomic E-state index is 12.7. The summed E-state index contributed by atoms with van der Waals surface area (Å²) in [5, 5.41) is 3.34. The van der Waals surface area contributed by atoms with Crippen molar-refractivity contribution < 1.29 is 13.2 Å². The van der Waals surface area contributed by atoms with Crippen molar-refractivity contribution in [2.24, 2.45) is 10.7 Å². The van der Waals surface area contributed by atoms with Crippen molar-refractivity contribution in [3.8, 4) is 0 Å². The maximum absolute atomic E-state index is 12.7. The molecule has 0 aliphatic heterocycles. The number of hydrogen-bond donors (Lipinski definition) is 2. The second kappa shape index (κ2) is 8.40. The Morgan fingerprint density at radius 2 is 1.80 bits per heavy atom. The normalized spacial score (nSPS) is 13.0. The number of anilines is 1. The summed E-state index contributed by atoms with van der Waals surface area (Å²) in [5.41, 5.74) is 5.09. The van der Waals surface area contributed by atoms with Gasteiger partial charge in [-0.2, -0.15) is 13.2 Å². The smallest absolute Gasteiger partial charge is 0.395 e. The Morgan fingerprint density at radius 1 is 1.16 bits per heavy atom. The minimum absolute atomic E-state index is 0.0453. The van der Waals surface area contributed by atoms with Gasteiger partial charge in [0.05, 0.1) is 23.0 Å². The van der Waals surface area contributed by atoms with Crippen LogP contribution in [0.2, 0.25) is 5.02 Å². The average Bonchev–Trinajstić information content (AvgIpc) is 2.55. The van der Waals surface area contributed by atoms with E-state index in [9.17, 15) is 13.2 Å². The standard InChI is InChI=1S/C17H14BrClF3N3/c18-11-5-7-12(8-6-11)24-10-13(9-16(23)17(20,21)22)25-15-4-2-1-3-14(15)19/h1-9,24H,10,23H2.